The van der Waals surface area contributed by atoms with Crippen LogP contribution in [0.5, 0.6) is 0 Å². The third kappa shape index (κ3) is 12.2. The lowest BCUT2D eigenvalue weighted by molar-refractivity contribution is -0.155. The molecular formula is C38H48N2O8. The molecule has 10 heteroatoms. The number of ether oxygens (including phenoxy) is 3. The van der Waals surface area contributed by atoms with Gasteiger partial charge in [-0.15, -0.1) is 0 Å². The van der Waals surface area contributed by atoms with E-state index in [1.165, 1.54) is 6.08 Å². The Morgan fingerprint density at radius 1 is 0.938 bits per heavy atom. The summed E-state index contributed by atoms with van der Waals surface area (Å²) in [6, 6.07) is 15.7. The van der Waals surface area contributed by atoms with E-state index in [1.807, 2.05) is 54.6 Å². The molecule has 0 aliphatic carbocycles. The van der Waals surface area contributed by atoms with Crippen molar-refractivity contribution in [2.75, 3.05) is 6.61 Å². The molecule has 3 rings (SSSR count). The Morgan fingerprint density at radius 3 is 2.29 bits per heavy atom. The molecule has 0 radical (unpaired) electrons. The van der Waals surface area contributed by atoms with E-state index in [0.29, 0.717) is 0 Å². The van der Waals surface area contributed by atoms with Crippen LogP contribution in [0, 0.1) is 17.8 Å². The van der Waals surface area contributed by atoms with E-state index >= 15 is 0 Å². The summed E-state index contributed by atoms with van der Waals surface area (Å²) in [4.78, 5) is 70.8. The lowest BCUT2D eigenvalue weighted by Crippen LogP contribution is -2.46. The number of fused-ring (bicyclic) bond motifs is 1. The highest BCUT2D eigenvalue weighted by Crippen LogP contribution is 2.36. The van der Waals surface area contributed by atoms with Crippen LogP contribution in [0.15, 0.2) is 72.2 Å². The summed E-state index contributed by atoms with van der Waals surface area (Å²) < 4.78 is 16.2. The molecule has 1 N–H and O–H groups in total. The molecule has 1 aliphatic heterocycles. The molecule has 258 valence electrons. The van der Waals surface area contributed by atoms with Crippen LogP contribution < -0.4 is 5.32 Å². The Morgan fingerprint density at radius 2 is 1.62 bits per heavy atom. The van der Waals surface area contributed by atoms with Crippen LogP contribution >= 0.6 is 0 Å². The van der Waals surface area contributed by atoms with Gasteiger partial charge in [0, 0.05) is 30.9 Å². The fourth-order valence-corrected chi connectivity index (χ4v) is 5.40. The second-order valence-electron chi connectivity index (χ2n) is 13.4. The van der Waals surface area contributed by atoms with Gasteiger partial charge in [-0.05, 0) is 56.7 Å². The Bertz CT molecular complexity index is 1460. The van der Waals surface area contributed by atoms with Crippen LogP contribution in [-0.4, -0.2) is 54.1 Å². The zero-order valence-corrected chi connectivity index (χ0v) is 28.6. The quantitative estimate of drug-likeness (QED) is 0.114. The number of carbonyl (C=O) groups excluding carboxylic acids is 5. The average Bonchev–Trinajstić information content (AvgIpc) is 3.45. The van der Waals surface area contributed by atoms with E-state index in [-0.39, 0.29) is 57.2 Å². The van der Waals surface area contributed by atoms with Crippen LogP contribution in [0.2, 0.25) is 0 Å². The highest BCUT2D eigenvalue weighted by Gasteiger charge is 2.34. The van der Waals surface area contributed by atoms with Gasteiger partial charge in [0.2, 0.25) is 5.91 Å². The molecule has 1 aliphatic rings. The van der Waals surface area contributed by atoms with Gasteiger partial charge in [-0.3, -0.25) is 29.0 Å². The molecule has 0 spiro atoms. The number of hydrogen-bond acceptors (Lipinski definition) is 9. The second kappa shape index (κ2) is 18.1. The maximum Gasteiger partial charge on any atom is 0.309 e. The van der Waals surface area contributed by atoms with Crippen molar-refractivity contribution in [3.05, 3.63) is 78.4 Å². The Kier molecular flexibility index (Phi) is 14.3. The van der Waals surface area contributed by atoms with Crippen LogP contribution in [0.1, 0.15) is 83.8 Å². The summed E-state index contributed by atoms with van der Waals surface area (Å²) in [7, 11) is 0. The van der Waals surface area contributed by atoms with E-state index < -0.39 is 53.1 Å². The highest BCUT2D eigenvalue weighted by molar-refractivity contribution is 5.93. The Balaban J connectivity index is 1.83. The first-order valence-electron chi connectivity index (χ1n) is 16.4. The van der Waals surface area contributed by atoms with Crippen LogP contribution in [0.3, 0.4) is 0 Å². The largest absolute Gasteiger partial charge is 0.461 e. The third-order valence-electron chi connectivity index (χ3n) is 7.93. The number of esters is 3. The number of rotatable bonds is 18. The minimum absolute atomic E-state index is 0.00467. The van der Waals surface area contributed by atoms with Gasteiger partial charge >= 0.3 is 17.9 Å². The van der Waals surface area contributed by atoms with Crippen molar-refractivity contribution in [3.63, 3.8) is 0 Å². The van der Waals surface area contributed by atoms with Crippen molar-refractivity contribution < 1.29 is 38.2 Å². The standard InChI is InChI=1S/C38H48N2O8/c1-7-19-46-37(45)30(25(2)3)22-33(41)32(17-18-34(42)48-38(4,5)6)40-36(44)27(20-28-23-39-31-16-12-11-15-29(28)31)21-35(43)47-24-26-13-9-8-10-14-26/h7-16,23,25,27-28,30,32H,1,17-22,24H2,2-6H3,(H,40,44)/t27-,28?,30+,32+/m1/s1. The third-order valence-corrected chi connectivity index (χ3v) is 7.93. The second-order valence-corrected chi connectivity index (χ2v) is 13.4. The predicted octanol–water partition coefficient (Wildman–Crippen LogP) is 6.19. The summed E-state index contributed by atoms with van der Waals surface area (Å²) in [5.74, 6) is -4.74. The van der Waals surface area contributed by atoms with E-state index in [0.717, 1.165) is 16.8 Å². The number of carbonyl (C=O) groups is 5. The molecule has 10 nitrogen and oxygen atoms in total. The summed E-state index contributed by atoms with van der Waals surface area (Å²) in [6.45, 7) is 12.4. The lowest BCUT2D eigenvalue weighted by atomic mass is 9.86. The molecular weight excluding hydrogens is 612 g/mol. The van der Waals surface area contributed by atoms with Gasteiger partial charge in [-0.2, -0.15) is 0 Å². The molecule has 2 aromatic carbocycles. The van der Waals surface area contributed by atoms with E-state index in [4.69, 9.17) is 14.2 Å². The molecule has 0 saturated carbocycles. The minimum Gasteiger partial charge on any atom is -0.461 e. The Hall–Kier alpha value is -4.60. The molecule has 0 saturated heterocycles. The number of nitrogens with one attached hydrogen (secondary N) is 1. The average molecular weight is 661 g/mol. The first-order chi connectivity index (χ1) is 22.8. The molecule has 0 bridgehead atoms. The van der Waals surface area contributed by atoms with Crippen molar-refractivity contribution in [1.29, 1.82) is 0 Å². The summed E-state index contributed by atoms with van der Waals surface area (Å²) in [5, 5.41) is 2.82. The molecule has 1 heterocycles. The normalized spacial score (nSPS) is 15.5. The molecule has 0 fully saturated rings. The van der Waals surface area contributed by atoms with Crippen molar-refractivity contribution in [2.45, 2.75) is 90.9 Å². The first kappa shape index (κ1) is 37.9. The number of Topliss-reactive ketones (excluding diaryl/α,β-unsaturated/α-hetero) is 1. The lowest BCUT2D eigenvalue weighted by Gasteiger charge is -2.26. The van der Waals surface area contributed by atoms with Crippen LogP contribution in [-0.2, 0) is 44.8 Å². The molecule has 0 aromatic heterocycles. The number of benzene rings is 2. The van der Waals surface area contributed by atoms with Gasteiger partial charge in [0.1, 0.15) is 18.8 Å². The Labute approximate surface area is 283 Å². The van der Waals surface area contributed by atoms with Crippen molar-refractivity contribution in [3.8, 4) is 0 Å². The topological polar surface area (TPSA) is 137 Å². The molecule has 4 atom stereocenters. The SMILES string of the molecule is C=CCOC(=O)[C@@H](CC(=O)[C@H](CCC(=O)OC(C)(C)C)NC(=O)[C@@H](CC(=O)OCc1ccccc1)CC1C=Nc2ccccc21)C(C)C. The number of aliphatic imine (C=N–C) groups is 1. The smallest absolute Gasteiger partial charge is 0.309 e. The molecule has 1 unspecified atom stereocenters. The number of ketones is 1. The van der Waals surface area contributed by atoms with E-state index in [1.54, 1.807) is 40.8 Å². The van der Waals surface area contributed by atoms with Crippen LogP contribution in [0.4, 0.5) is 5.69 Å². The predicted molar refractivity (Wildman–Crippen MR) is 182 cm³/mol. The molecule has 2 aromatic rings. The van der Waals surface area contributed by atoms with Crippen LogP contribution in [0.25, 0.3) is 0 Å². The monoisotopic (exact) mass is 660 g/mol. The van der Waals surface area contributed by atoms with E-state index in [2.05, 4.69) is 16.9 Å². The zero-order valence-electron chi connectivity index (χ0n) is 28.6. The van der Waals surface area contributed by atoms with Crippen molar-refractivity contribution >= 4 is 41.5 Å². The summed E-state index contributed by atoms with van der Waals surface area (Å²) in [6.07, 6.45) is 2.80. The van der Waals surface area contributed by atoms with Gasteiger partial charge < -0.3 is 19.5 Å². The highest BCUT2D eigenvalue weighted by atomic mass is 16.6. The van der Waals surface area contributed by atoms with Gasteiger partial charge in [0.15, 0.2) is 5.78 Å². The molecule has 48 heavy (non-hydrogen) atoms. The van der Waals surface area contributed by atoms with Gasteiger partial charge in [-0.1, -0.05) is 75.0 Å². The number of hydrogen-bond donors (Lipinski definition) is 1. The fraction of sp³-hybridized carbons (Fsp3) is 0.474. The maximum absolute atomic E-state index is 14.0. The van der Waals surface area contributed by atoms with Crippen molar-refractivity contribution in [1.82, 2.24) is 5.32 Å². The maximum atomic E-state index is 14.0. The number of para-hydroxylation sites is 1. The molecule has 1 amide bonds. The van der Waals surface area contributed by atoms with Gasteiger partial charge in [0.05, 0.1) is 24.1 Å². The van der Waals surface area contributed by atoms with Gasteiger partial charge in [0.25, 0.3) is 0 Å². The minimum atomic E-state index is -1.12. The fourth-order valence-electron chi connectivity index (χ4n) is 5.40. The van der Waals surface area contributed by atoms with Crippen molar-refractivity contribution in [2.24, 2.45) is 22.7 Å². The summed E-state index contributed by atoms with van der Waals surface area (Å²) >= 11 is 0. The van der Waals surface area contributed by atoms with E-state index in [9.17, 15) is 24.0 Å². The number of amides is 1. The summed E-state index contributed by atoms with van der Waals surface area (Å²) in [5.41, 5.74) is 1.80. The number of nitrogens with zero attached hydrogens (tertiary/aromatic N) is 1. The zero-order chi connectivity index (χ0) is 35.3. The first-order valence-corrected chi connectivity index (χ1v) is 16.4. The van der Waals surface area contributed by atoms with Gasteiger partial charge in [-0.25, -0.2) is 0 Å².